The highest BCUT2D eigenvalue weighted by Crippen LogP contribution is 2.20. The van der Waals surface area contributed by atoms with Gasteiger partial charge >= 0.3 is 0 Å². The molecule has 0 radical (unpaired) electrons. The van der Waals surface area contributed by atoms with E-state index in [0.29, 0.717) is 6.42 Å². The van der Waals surface area contributed by atoms with Gasteiger partial charge in [-0.1, -0.05) is 23.7 Å². The third kappa shape index (κ3) is 2.64. The van der Waals surface area contributed by atoms with Crippen LogP contribution in [0.3, 0.4) is 0 Å². The fourth-order valence-electron chi connectivity index (χ4n) is 1.82. The van der Waals surface area contributed by atoms with Gasteiger partial charge in [0.15, 0.2) is 5.78 Å². The molecule has 1 aliphatic rings. The lowest BCUT2D eigenvalue weighted by Gasteiger charge is -2.16. The highest BCUT2D eigenvalue weighted by atomic mass is 35.5. The molecule has 0 amide bonds. The van der Waals surface area contributed by atoms with E-state index in [4.69, 9.17) is 11.6 Å². The van der Waals surface area contributed by atoms with Crippen molar-refractivity contribution in [2.75, 3.05) is 0 Å². The second kappa shape index (κ2) is 4.71. The molecular formula is C13H14ClNO. The molecule has 0 aliphatic heterocycles. The number of ketones is 1. The summed E-state index contributed by atoms with van der Waals surface area (Å²) < 4.78 is 0. The second-order valence-electron chi connectivity index (χ2n) is 4.05. The lowest BCUT2D eigenvalue weighted by Crippen LogP contribution is -2.16. The van der Waals surface area contributed by atoms with Crippen molar-refractivity contribution in [3.63, 3.8) is 0 Å². The van der Waals surface area contributed by atoms with Gasteiger partial charge in [0, 0.05) is 29.3 Å². The zero-order valence-electron chi connectivity index (χ0n) is 9.16. The maximum Gasteiger partial charge on any atom is 0.157 e. The van der Waals surface area contributed by atoms with E-state index in [0.717, 1.165) is 17.1 Å². The molecule has 0 fully saturated rings. The molecule has 0 bridgehead atoms. The Morgan fingerprint density at radius 1 is 1.25 bits per heavy atom. The van der Waals surface area contributed by atoms with Crippen molar-refractivity contribution < 1.29 is 4.79 Å². The first kappa shape index (κ1) is 11.2. The molecule has 16 heavy (non-hydrogen) atoms. The maximum atomic E-state index is 11.1. The topological polar surface area (TPSA) is 29.1 Å². The zero-order valence-corrected chi connectivity index (χ0v) is 9.92. The summed E-state index contributed by atoms with van der Waals surface area (Å²) in [7, 11) is 0. The Morgan fingerprint density at radius 3 is 2.50 bits per heavy atom. The summed E-state index contributed by atoms with van der Waals surface area (Å²) in [5.41, 5.74) is 2.21. The number of carbonyl (C=O) groups is 1. The minimum atomic E-state index is 0.203. The van der Waals surface area contributed by atoms with Crippen molar-refractivity contribution >= 4 is 17.4 Å². The molecule has 0 heterocycles. The number of rotatable bonds is 3. The summed E-state index contributed by atoms with van der Waals surface area (Å²) in [4.78, 5) is 11.1. The van der Waals surface area contributed by atoms with Crippen LogP contribution in [-0.2, 0) is 4.79 Å². The van der Waals surface area contributed by atoms with Crippen molar-refractivity contribution in [1.29, 1.82) is 0 Å². The maximum absolute atomic E-state index is 11.1. The Morgan fingerprint density at radius 2 is 1.94 bits per heavy atom. The van der Waals surface area contributed by atoms with Crippen LogP contribution >= 0.6 is 11.6 Å². The van der Waals surface area contributed by atoms with Crippen molar-refractivity contribution in [3.8, 4) is 0 Å². The molecule has 1 N–H and O–H groups in total. The highest BCUT2D eigenvalue weighted by Gasteiger charge is 2.14. The minimum absolute atomic E-state index is 0.203. The number of halogens is 1. The highest BCUT2D eigenvalue weighted by molar-refractivity contribution is 6.30. The first-order valence-electron chi connectivity index (χ1n) is 5.40. The van der Waals surface area contributed by atoms with Crippen LogP contribution in [0.25, 0.3) is 0 Å². The largest absolute Gasteiger partial charge is 0.382 e. The van der Waals surface area contributed by atoms with Crippen LogP contribution in [0.4, 0.5) is 0 Å². The first-order chi connectivity index (χ1) is 7.65. The number of hydrogen-bond donors (Lipinski definition) is 1. The monoisotopic (exact) mass is 235 g/mol. The Bertz CT molecular complexity index is 422. The van der Waals surface area contributed by atoms with Crippen LogP contribution in [0.15, 0.2) is 36.0 Å². The van der Waals surface area contributed by atoms with E-state index < -0.39 is 0 Å². The lowest BCUT2D eigenvalue weighted by molar-refractivity contribution is -0.114. The summed E-state index contributed by atoms with van der Waals surface area (Å²) >= 11 is 5.83. The van der Waals surface area contributed by atoms with E-state index in [1.54, 1.807) is 6.08 Å². The van der Waals surface area contributed by atoms with E-state index >= 15 is 0 Å². The van der Waals surface area contributed by atoms with Gasteiger partial charge in [0.1, 0.15) is 0 Å². The number of nitrogens with one attached hydrogen (secondary N) is 1. The smallest absolute Gasteiger partial charge is 0.157 e. The van der Waals surface area contributed by atoms with Crippen LogP contribution in [-0.4, -0.2) is 5.78 Å². The molecule has 0 spiro atoms. The number of benzene rings is 1. The Labute approximate surface area is 100 Å². The number of carbonyl (C=O) groups excluding carboxylic acids is 1. The molecule has 84 valence electrons. The van der Waals surface area contributed by atoms with Crippen LogP contribution in [0.1, 0.15) is 31.4 Å². The molecule has 0 aromatic heterocycles. The molecule has 3 heteroatoms. The molecule has 1 aromatic rings. The van der Waals surface area contributed by atoms with Crippen LogP contribution in [0, 0.1) is 0 Å². The van der Waals surface area contributed by atoms with E-state index in [1.807, 2.05) is 24.3 Å². The van der Waals surface area contributed by atoms with E-state index in [1.165, 1.54) is 5.56 Å². The summed E-state index contributed by atoms with van der Waals surface area (Å²) in [6, 6.07) is 7.95. The fraction of sp³-hybridized carbons (Fsp3) is 0.308. The quantitative estimate of drug-likeness (QED) is 0.872. The molecule has 0 saturated carbocycles. The molecule has 1 aromatic carbocycles. The summed E-state index contributed by atoms with van der Waals surface area (Å²) in [6.07, 6.45) is 3.17. The van der Waals surface area contributed by atoms with Gasteiger partial charge < -0.3 is 5.32 Å². The first-order valence-corrected chi connectivity index (χ1v) is 5.78. The Balaban J connectivity index is 2.03. The summed E-state index contributed by atoms with van der Waals surface area (Å²) in [6.45, 7) is 2.08. The van der Waals surface area contributed by atoms with Crippen molar-refractivity contribution in [2.24, 2.45) is 0 Å². The van der Waals surface area contributed by atoms with Gasteiger partial charge in [-0.2, -0.15) is 0 Å². The van der Waals surface area contributed by atoms with Gasteiger partial charge in [0.05, 0.1) is 0 Å². The zero-order chi connectivity index (χ0) is 11.5. The predicted molar refractivity (Wildman–Crippen MR) is 65.3 cm³/mol. The van der Waals surface area contributed by atoms with E-state index in [-0.39, 0.29) is 11.8 Å². The molecule has 1 aliphatic carbocycles. The van der Waals surface area contributed by atoms with E-state index in [2.05, 4.69) is 12.2 Å². The number of hydrogen-bond acceptors (Lipinski definition) is 2. The number of allylic oxidation sites excluding steroid dienone is 2. The predicted octanol–water partition coefficient (Wildman–Crippen LogP) is 3.24. The molecule has 2 rings (SSSR count). The normalized spacial score (nSPS) is 17.1. The summed E-state index contributed by atoms with van der Waals surface area (Å²) in [5, 5.41) is 4.08. The SMILES string of the molecule is CC(NC1=CC(=O)CC1)c1ccc(Cl)cc1. The van der Waals surface area contributed by atoms with Crippen molar-refractivity contribution in [2.45, 2.75) is 25.8 Å². The second-order valence-corrected chi connectivity index (χ2v) is 4.49. The third-order valence-electron chi connectivity index (χ3n) is 2.75. The minimum Gasteiger partial charge on any atom is -0.382 e. The third-order valence-corrected chi connectivity index (χ3v) is 3.00. The van der Waals surface area contributed by atoms with Crippen LogP contribution in [0.2, 0.25) is 5.02 Å². The van der Waals surface area contributed by atoms with Crippen molar-refractivity contribution in [1.82, 2.24) is 5.32 Å². The average molecular weight is 236 g/mol. The van der Waals surface area contributed by atoms with Gasteiger partial charge in [-0.25, -0.2) is 0 Å². The fourth-order valence-corrected chi connectivity index (χ4v) is 1.95. The Kier molecular flexibility index (Phi) is 3.30. The van der Waals surface area contributed by atoms with Crippen LogP contribution in [0.5, 0.6) is 0 Å². The van der Waals surface area contributed by atoms with Gasteiger partial charge in [0.25, 0.3) is 0 Å². The molecule has 1 unspecified atom stereocenters. The lowest BCUT2D eigenvalue weighted by atomic mass is 10.1. The van der Waals surface area contributed by atoms with Crippen molar-refractivity contribution in [3.05, 3.63) is 46.6 Å². The summed E-state index contributed by atoms with van der Waals surface area (Å²) in [5.74, 6) is 0.214. The van der Waals surface area contributed by atoms with Gasteiger partial charge in [0.2, 0.25) is 0 Å². The standard InChI is InChI=1S/C13H14ClNO/c1-9(10-2-4-11(14)5-3-10)15-12-6-7-13(16)8-12/h2-5,8-9,15H,6-7H2,1H3. The average Bonchev–Trinajstić information content (AvgIpc) is 2.65. The van der Waals surface area contributed by atoms with Gasteiger partial charge in [-0.05, 0) is 31.0 Å². The van der Waals surface area contributed by atoms with Gasteiger partial charge in [-0.15, -0.1) is 0 Å². The molecule has 1 atom stereocenters. The molecule has 0 saturated heterocycles. The molecule has 2 nitrogen and oxygen atoms in total. The Hall–Kier alpha value is -1.28. The molecular weight excluding hydrogens is 222 g/mol. The van der Waals surface area contributed by atoms with E-state index in [9.17, 15) is 4.79 Å². The van der Waals surface area contributed by atoms with Gasteiger partial charge in [-0.3, -0.25) is 4.79 Å². The van der Waals surface area contributed by atoms with Crippen LogP contribution < -0.4 is 5.32 Å².